The third kappa shape index (κ3) is 1.38. The highest BCUT2D eigenvalue weighted by Crippen LogP contribution is 2.69. The zero-order chi connectivity index (χ0) is 11.4. The van der Waals surface area contributed by atoms with Gasteiger partial charge in [0.1, 0.15) is 5.76 Å². The molecule has 1 aromatic heterocycles. The van der Waals surface area contributed by atoms with E-state index < -0.39 is 0 Å². The summed E-state index contributed by atoms with van der Waals surface area (Å²) in [5.74, 6) is 4.61. The lowest BCUT2D eigenvalue weighted by molar-refractivity contribution is -0.123. The molecule has 1 aromatic rings. The van der Waals surface area contributed by atoms with Crippen LogP contribution < -0.4 is 5.32 Å². The molecule has 3 fully saturated rings. The second-order valence-electron chi connectivity index (χ2n) is 5.81. The standard InChI is InChI=1S/C14H17NO2/c16-14(15-7-10-2-1-5-17-10)13-11-8-3-4-9(6-8)12(11)13/h1-2,5,8-9,11-13H,3-4,6-7H2,(H,15,16)/t8-,9-,11-,12-/m1/s1. The molecule has 90 valence electrons. The Morgan fingerprint density at radius 1 is 1.35 bits per heavy atom. The Balaban J connectivity index is 1.37. The number of carbonyl (C=O) groups excluding carboxylic acids is 1. The lowest BCUT2D eigenvalue weighted by atomic mass is 10.0. The number of rotatable bonds is 3. The van der Waals surface area contributed by atoms with E-state index >= 15 is 0 Å². The van der Waals surface area contributed by atoms with Gasteiger partial charge < -0.3 is 9.73 Å². The Hall–Kier alpha value is -1.25. The van der Waals surface area contributed by atoms with E-state index in [-0.39, 0.29) is 5.91 Å². The van der Waals surface area contributed by atoms with Crippen molar-refractivity contribution in [3.05, 3.63) is 24.2 Å². The van der Waals surface area contributed by atoms with Crippen LogP contribution in [0.1, 0.15) is 25.0 Å². The third-order valence-electron chi connectivity index (χ3n) is 5.06. The van der Waals surface area contributed by atoms with Gasteiger partial charge in [0, 0.05) is 5.92 Å². The minimum absolute atomic E-state index is 0.257. The largest absolute Gasteiger partial charge is 0.467 e. The van der Waals surface area contributed by atoms with E-state index in [1.165, 1.54) is 19.3 Å². The fraction of sp³-hybridized carbons (Fsp3) is 0.643. The summed E-state index contributed by atoms with van der Waals surface area (Å²) >= 11 is 0. The van der Waals surface area contributed by atoms with Crippen molar-refractivity contribution in [2.24, 2.45) is 29.6 Å². The molecule has 3 saturated carbocycles. The number of hydrogen-bond acceptors (Lipinski definition) is 2. The summed E-state index contributed by atoms with van der Waals surface area (Å²) in [5, 5.41) is 3.01. The fourth-order valence-electron chi connectivity index (χ4n) is 4.38. The Labute approximate surface area is 101 Å². The Morgan fingerprint density at radius 2 is 2.12 bits per heavy atom. The number of hydrogen-bond donors (Lipinski definition) is 1. The SMILES string of the molecule is O=C(NCc1ccco1)C1[C@@H]2[C@@H]3CC[C@H](C3)[C@@H]12. The van der Waals surface area contributed by atoms with Crippen LogP contribution in [-0.2, 0) is 11.3 Å². The zero-order valence-corrected chi connectivity index (χ0v) is 9.76. The van der Waals surface area contributed by atoms with Crippen LogP contribution in [-0.4, -0.2) is 5.91 Å². The quantitative estimate of drug-likeness (QED) is 0.866. The summed E-state index contributed by atoms with van der Waals surface area (Å²) in [5.41, 5.74) is 0. The summed E-state index contributed by atoms with van der Waals surface area (Å²) in [7, 11) is 0. The van der Waals surface area contributed by atoms with Crippen LogP contribution in [0.5, 0.6) is 0 Å². The summed E-state index contributed by atoms with van der Waals surface area (Å²) in [4.78, 5) is 12.1. The van der Waals surface area contributed by atoms with Crippen LogP contribution in [0, 0.1) is 29.6 Å². The minimum Gasteiger partial charge on any atom is -0.467 e. The lowest BCUT2D eigenvalue weighted by Crippen LogP contribution is -2.26. The summed E-state index contributed by atoms with van der Waals surface area (Å²) in [6.07, 6.45) is 5.78. The van der Waals surface area contributed by atoms with Gasteiger partial charge in [-0.05, 0) is 55.1 Å². The molecule has 0 spiro atoms. The number of furan rings is 1. The van der Waals surface area contributed by atoms with Crippen LogP contribution in [0.15, 0.2) is 22.8 Å². The van der Waals surface area contributed by atoms with Crippen LogP contribution in [0.25, 0.3) is 0 Å². The molecule has 1 N–H and O–H groups in total. The summed E-state index contributed by atoms with van der Waals surface area (Å²) < 4.78 is 5.22. The van der Waals surface area contributed by atoms with Gasteiger partial charge in [-0.25, -0.2) is 0 Å². The molecule has 0 aromatic carbocycles. The van der Waals surface area contributed by atoms with Gasteiger partial charge >= 0.3 is 0 Å². The normalized spacial score (nSPS) is 41.3. The lowest BCUT2D eigenvalue weighted by Gasteiger charge is -2.08. The Morgan fingerprint density at radius 3 is 2.76 bits per heavy atom. The molecule has 1 amide bonds. The maximum Gasteiger partial charge on any atom is 0.224 e. The molecule has 3 nitrogen and oxygen atoms in total. The van der Waals surface area contributed by atoms with E-state index in [2.05, 4.69) is 5.32 Å². The molecule has 3 heteroatoms. The summed E-state index contributed by atoms with van der Waals surface area (Å²) in [6.45, 7) is 0.539. The van der Waals surface area contributed by atoms with Gasteiger partial charge in [0.25, 0.3) is 0 Å². The molecule has 0 aliphatic heterocycles. The van der Waals surface area contributed by atoms with Gasteiger partial charge in [-0.2, -0.15) is 0 Å². The van der Waals surface area contributed by atoms with Crippen LogP contribution >= 0.6 is 0 Å². The number of fused-ring (bicyclic) bond motifs is 5. The first-order valence-electron chi connectivity index (χ1n) is 6.64. The van der Waals surface area contributed by atoms with Crippen LogP contribution in [0.3, 0.4) is 0 Å². The number of amides is 1. The van der Waals surface area contributed by atoms with Gasteiger partial charge in [0.05, 0.1) is 12.8 Å². The first-order chi connectivity index (χ1) is 8.34. The third-order valence-corrected chi connectivity index (χ3v) is 5.06. The average Bonchev–Trinajstić information content (AvgIpc) is 2.80. The average molecular weight is 231 g/mol. The molecule has 17 heavy (non-hydrogen) atoms. The maximum atomic E-state index is 12.1. The van der Waals surface area contributed by atoms with Crippen molar-refractivity contribution in [2.75, 3.05) is 0 Å². The predicted molar refractivity (Wildman–Crippen MR) is 61.9 cm³/mol. The van der Waals surface area contributed by atoms with Gasteiger partial charge in [0.15, 0.2) is 0 Å². The van der Waals surface area contributed by atoms with E-state index in [4.69, 9.17) is 4.42 Å². The molecule has 4 rings (SSSR count). The van der Waals surface area contributed by atoms with E-state index in [1.807, 2.05) is 12.1 Å². The number of carbonyl (C=O) groups is 1. The number of nitrogens with one attached hydrogen (secondary N) is 1. The Bertz CT molecular complexity index is 423. The van der Waals surface area contributed by atoms with Crippen molar-refractivity contribution in [2.45, 2.75) is 25.8 Å². The monoisotopic (exact) mass is 231 g/mol. The van der Waals surface area contributed by atoms with Gasteiger partial charge in [0.2, 0.25) is 5.91 Å². The second-order valence-corrected chi connectivity index (χ2v) is 5.81. The zero-order valence-electron chi connectivity index (χ0n) is 9.76. The fourth-order valence-corrected chi connectivity index (χ4v) is 4.38. The van der Waals surface area contributed by atoms with Crippen molar-refractivity contribution in [1.29, 1.82) is 0 Å². The molecule has 0 unspecified atom stereocenters. The van der Waals surface area contributed by atoms with Crippen molar-refractivity contribution >= 4 is 5.91 Å². The van der Waals surface area contributed by atoms with E-state index in [0.29, 0.717) is 12.5 Å². The minimum atomic E-state index is 0.257. The molecule has 4 atom stereocenters. The molecule has 3 aliphatic carbocycles. The first kappa shape index (κ1) is 9.75. The molecule has 0 radical (unpaired) electrons. The molecular formula is C14H17NO2. The molecule has 0 saturated heterocycles. The van der Waals surface area contributed by atoms with Gasteiger partial charge in [-0.15, -0.1) is 0 Å². The highest BCUT2D eigenvalue weighted by molar-refractivity contribution is 5.82. The molecule has 1 heterocycles. The molecule has 2 bridgehead atoms. The second kappa shape index (κ2) is 3.37. The van der Waals surface area contributed by atoms with Gasteiger partial charge in [-0.3, -0.25) is 4.79 Å². The summed E-state index contributed by atoms with van der Waals surface area (Å²) in [6, 6.07) is 3.76. The van der Waals surface area contributed by atoms with Crippen LogP contribution in [0.2, 0.25) is 0 Å². The van der Waals surface area contributed by atoms with Gasteiger partial charge in [-0.1, -0.05) is 0 Å². The Kier molecular flexibility index (Phi) is 1.93. The van der Waals surface area contributed by atoms with Crippen molar-refractivity contribution in [3.63, 3.8) is 0 Å². The molecule has 3 aliphatic rings. The van der Waals surface area contributed by atoms with Crippen molar-refractivity contribution < 1.29 is 9.21 Å². The maximum absolute atomic E-state index is 12.1. The van der Waals surface area contributed by atoms with E-state index in [9.17, 15) is 4.79 Å². The highest BCUT2D eigenvalue weighted by atomic mass is 16.3. The highest BCUT2D eigenvalue weighted by Gasteiger charge is 2.67. The molecular weight excluding hydrogens is 214 g/mol. The van der Waals surface area contributed by atoms with E-state index in [0.717, 1.165) is 29.4 Å². The predicted octanol–water partition coefficient (Wildman–Crippen LogP) is 2.19. The van der Waals surface area contributed by atoms with Crippen molar-refractivity contribution in [3.8, 4) is 0 Å². The van der Waals surface area contributed by atoms with E-state index in [1.54, 1.807) is 6.26 Å². The first-order valence-corrected chi connectivity index (χ1v) is 6.64. The topological polar surface area (TPSA) is 42.2 Å². The van der Waals surface area contributed by atoms with Crippen LogP contribution in [0.4, 0.5) is 0 Å². The van der Waals surface area contributed by atoms with Crippen molar-refractivity contribution in [1.82, 2.24) is 5.32 Å². The smallest absolute Gasteiger partial charge is 0.224 e.